The van der Waals surface area contributed by atoms with Crippen LogP contribution in [0.25, 0.3) is 0 Å². The van der Waals surface area contributed by atoms with Gasteiger partial charge in [0.25, 0.3) is 5.79 Å². The Morgan fingerprint density at radius 1 is 0.966 bits per heavy atom. The van der Waals surface area contributed by atoms with E-state index in [9.17, 15) is 79.2 Å². The summed E-state index contributed by atoms with van der Waals surface area (Å²) in [5.41, 5.74) is 4.44. The number of carboxylic acids is 1. The first kappa shape index (κ1) is 48.5. The molecule has 59 heavy (non-hydrogen) atoms. The molecule has 1 aromatic rings. The Bertz CT molecular complexity index is 1820. The highest BCUT2D eigenvalue weighted by Gasteiger charge is 2.59. The van der Waals surface area contributed by atoms with Crippen molar-refractivity contribution in [2.45, 2.75) is 111 Å². The highest BCUT2D eigenvalue weighted by molar-refractivity contribution is 7.47. The molecule has 0 bridgehead atoms. The molecule has 11 unspecified atom stereocenters. The number of hydrogen-bond acceptors (Lipinski definition) is 22. The molecule has 0 aliphatic carbocycles. The molecule has 2 amide bonds. The third kappa shape index (κ3) is 12.0. The number of aliphatic carboxylic acids is 1. The zero-order valence-corrected chi connectivity index (χ0v) is 32.2. The Balaban J connectivity index is 1.44. The molecule has 1 aromatic heterocycles. The molecule has 3 aliphatic heterocycles. The maximum atomic E-state index is 13.1. The largest absolute Gasteiger partial charge is 0.477 e. The van der Waals surface area contributed by atoms with E-state index < -0.39 is 163 Å². The predicted octanol–water partition coefficient (Wildman–Crippen LogP) is -7.80. The average molecular weight is 898 g/mol. The average Bonchev–Trinajstić information content (AvgIpc) is 3.41. The van der Waals surface area contributed by atoms with Crippen molar-refractivity contribution in [3.8, 4) is 0 Å². The van der Waals surface area contributed by atoms with Crippen LogP contribution in [-0.2, 0) is 51.3 Å². The van der Waals surface area contributed by atoms with E-state index in [2.05, 4.69) is 20.1 Å². The van der Waals surface area contributed by atoms with Crippen molar-refractivity contribution in [3.63, 3.8) is 0 Å². The van der Waals surface area contributed by atoms with Gasteiger partial charge in [-0.2, -0.15) is 4.98 Å². The van der Waals surface area contributed by atoms with E-state index in [-0.39, 0.29) is 5.82 Å². The minimum absolute atomic E-state index is 0.181. The monoisotopic (exact) mass is 897 g/mol. The second kappa shape index (κ2) is 19.3. The van der Waals surface area contributed by atoms with Crippen LogP contribution in [0.2, 0.25) is 0 Å². The van der Waals surface area contributed by atoms with Gasteiger partial charge in [0.1, 0.15) is 60.8 Å². The number of ether oxygens (including phenoxy) is 3. The molecule has 0 spiro atoms. The first-order chi connectivity index (χ1) is 27.3. The predicted molar refractivity (Wildman–Crippen MR) is 183 cm³/mol. The minimum Gasteiger partial charge on any atom is -0.477 e. The molecule has 16 atom stereocenters. The number of hydrogen-bond donors (Lipinski definition) is 15. The van der Waals surface area contributed by atoms with Gasteiger partial charge in [-0.15, -0.1) is 0 Å². The summed E-state index contributed by atoms with van der Waals surface area (Å²) in [6, 6.07) is -0.599. The minimum atomic E-state index is -5.70. The van der Waals surface area contributed by atoms with Gasteiger partial charge in [-0.25, -0.2) is 23.2 Å². The second-order valence-electron chi connectivity index (χ2n) is 13.6. The van der Waals surface area contributed by atoms with Gasteiger partial charge in [-0.1, -0.05) is 0 Å². The summed E-state index contributed by atoms with van der Waals surface area (Å²) in [6.45, 7) is -2.07. The molecule has 31 heteroatoms. The number of aromatic nitrogens is 2. The van der Waals surface area contributed by atoms with Gasteiger partial charge in [0, 0.05) is 26.1 Å². The van der Waals surface area contributed by atoms with E-state index in [0.29, 0.717) is 0 Å². The number of anilines is 1. The number of phosphoric ester groups is 2. The Morgan fingerprint density at radius 2 is 1.56 bits per heavy atom. The Morgan fingerprint density at radius 3 is 2.15 bits per heavy atom. The lowest BCUT2D eigenvalue weighted by Gasteiger charge is -2.46. The number of nitrogen functional groups attached to an aromatic ring is 1. The molecule has 4 rings (SSSR count). The maximum absolute atomic E-state index is 13.1. The molecule has 0 radical (unpaired) electrons. The van der Waals surface area contributed by atoms with Crippen LogP contribution in [0.15, 0.2) is 17.1 Å². The molecule has 29 nitrogen and oxygen atoms in total. The quantitative estimate of drug-likeness (QED) is 0.0646. The van der Waals surface area contributed by atoms with Gasteiger partial charge < -0.3 is 91.2 Å². The number of amides is 2. The van der Waals surface area contributed by atoms with Gasteiger partial charge >= 0.3 is 27.3 Å². The lowest BCUT2D eigenvalue weighted by Crippen LogP contribution is -2.68. The highest BCUT2D eigenvalue weighted by Crippen LogP contribution is 2.51. The van der Waals surface area contributed by atoms with Crippen molar-refractivity contribution in [1.29, 1.82) is 0 Å². The smallest absolute Gasteiger partial charge is 0.475 e. The molecule has 0 aromatic carbocycles. The van der Waals surface area contributed by atoms with E-state index in [1.807, 2.05) is 0 Å². The van der Waals surface area contributed by atoms with Crippen LogP contribution < -0.4 is 22.1 Å². The summed E-state index contributed by atoms with van der Waals surface area (Å²) >= 11 is 0. The summed E-state index contributed by atoms with van der Waals surface area (Å²) in [4.78, 5) is 81.4. The second-order valence-corrected chi connectivity index (χ2v) is 16.2. The fraction of sp³-hybridized carbons (Fsp3) is 0.750. The zero-order chi connectivity index (χ0) is 44.4. The molecular weight excluding hydrogens is 852 g/mol. The van der Waals surface area contributed by atoms with Gasteiger partial charge in [0.2, 0.25) is 11.8 Å². The van der Waals surface area contributed by atoms with Crippen molar-refractivity contribution in [3.05, 3.63) is 22.7 Å². The van der Waals surface area contributed by atoms with Crippen molar-refractivity contribution >= 4 is 39.2 Å². The number of carbonyl (C=O) groups is 3. The van der Waals surface area contributed by atoms with E-state index in [0.717, 1.165) is 23.8 Å². The number of nitrogens with two attached hydrogens (primary N) is 1. The van der Waals surface area contributed by atoms with Crippen LogP contribution >= 0.6 is 15.6 Å². The van der Waals surface area contributed by atoms with Crippen LogP contribution in [0.4, 0.5) is 5.82 Å². The molecule has 3 aliphatic rings. The summed E-state index contributed by atoms with van der Waals surface area (Å²) in [5, 5.41) is 98.7. The number of nitrogens with one attached hydrogen (secondary N) is 2. The van der Waals surface area contributed by atoms with Crippen LogP contribution in [0.1, 0.15) is 26.0 Å². The number of aliphatic hydroxyl groups is 8. The molecule has 3 fully saturated rings. The zero-order valence-electron chi connectivity index (χ0n) is 30.4. The maximum Gasteiger partial charge on any atom is 0.475 e. The van der Waals surface area contributed by atoms with Crippen LogP contribution in [-0.4, -0.2) is 193 Å². The van der Waals surface area contributed by atoms with Gasteiger partial charge in [0.05, 0.1) is 44.0 Å². The summed E-state index contributed by atoms with van der Waals surface area (Å²) < 4.78 is 54.9. The number of carbonyl (C=O) groups excluding carboxylic acids is 2. The van der Waals surface area contributed by atoms with Crippen molar-refractivity contribution in [2.75, 3.05) is 25.5 Å². The van der Waals surface area contributed by atoms with E-state index in [1.165, 1.54) is 0 Å². The van der Waals surface area contributed by atoms with E-state index >= 15 is 0 Å². The first-order valence-electron chi connectivity index (χ1n) is 17.2. The lowest BCUT2D eigenvalue weighted by atomic mass is 9.88. The molecule has 3 saturated heterocycles. The first-order valence-corrected chi connectivity index (χ1v) is 20.2. The normalized spacial score (nSPS) is 35.9. The number of phosphoric acid groups is 2. The molecule has 336 valence electrons. The summed E-state index contributed by atoms with van der Waals surface area (Å²) in [6.07, 6.45) is -25.9. The molecular formula is C28H45N5O24P2. The van der Waals surface area contributed by atoms with Crippen LogP contribution in [0, 0.1) is 0 Å². The third-order valence-electron chi connectivity index (χ3n) is 9.24. The fourth-order valence-electron chi connectivity index (χ4n) is 6.31. The van der Waals surface area contributed by atoms with Gasteiger partial charge in [-0.05, 0) is 6.07 Å². The highest BCUT2D eigenvalue weighted by atomic mass is 31.2. The van der Waals surface area contributed by atoms with E-state index in [1.54, 1.807) is 0 Å². The fourth-order valence-corrected chi connectivity index (χ4v) is 7.60. The molecule has 4 heterocycles. The van der Waals surface area contributed by atoms with Gasteiger partial charge in [-0.3, -0.25) is 23.2 Å². The number of aliphatic hydroxyl groups excluding tert-OH is 8. The number of rotatable bonds is 17. The van der Waals surface area contributed by atoms with E-state index in [4.69, 9.17) is 38.8 Å². The summed E-state index contributed by atoms with van der Waals surface area (Å²) in [5.74, 6) is -7.74. The van der Waals surface area contributed by atoms with Gasteiger partial charge in [0.15, 0.2) is 6.23 Å². The Hall–Kier alpha value is -3.13. The number of nitrogens with zero attached hydrogens (tertiary/aromatic N) is 2. The lowest BCUT2D eigenvalue weighted by molar-refractivity contribution is -0.288. The van der Waals surface area contributed by atoms with Crippen molar-refractivity contribution in [1.82, 2.24) is 20.2 Å². The third-order valence-corrected chi connectivity index (χ3v) is 10.7. The molecule has 0 saturated carbocycles. The Labute approximate surface area is 330 Å². The van der Waals surface area contributed by atoms with Crippen LogP contribution in [0.3, 0.4) is 0 Å². The van der Waals surface area contributed by atoms with Crippen LogP contribution in [0.5, 0.6) is 0 Å². The molecule has 16 N–H and O–H groups in total. The Kier molecular flexibility index (Phi) is 15.9. The standard InChI is InChI=1S/C28H45N5O24P2/c1-9(34)31-17-10(35)5-28(26(44)45,57-59(50,51)53-8-14-21(41)23(43)25(55-14)33-3-2-15(29)32-27(33)46)56-24(17)18(38)11(36)6-30-16(37)4-12-19(39)22(42)20(40)13(54-12)7-52-58(47,48)49/h2-3,10-14,17-25,35-36,38-43H,4-8H2,1H3,(H,30,37)(H,31,34)(H,44,45)(H,50,51)(H2,29,32,46)(H2,47,48,49)/t10?,11-,12-,13?,14?,17?,18-,19?,20-,21?,22-,23?,24?,25?,28?/m1/s1. The SMILES string of the molecule is CC(=O)NC1C(O)CC(OP(=O)(O)OCC2OC(n3ccc(N)nc3=O)C(O)C2O)(C(=O)O)OC1[C@H](O)[C@H](O)CNC(=O)C[C@H]1OC(COP(=O)(O)O)[C@@H](O)[C@H](O)C1O. The summed E-state index contributed by atoms with van der Waals surface area (Å²) in [7, 11) is -10.8. The van der Waals surface area contributed by atoms with Crippen molar-refractivity contribution in [2.24, 2.45) is 0 Å². The van der Waals surface area contributed by atoms with Crippen molar-refractivity contribution < 1.29 is 112 Å². The topological polar surface area (TPSA) is 468 Å². The number of carboxylic acid groups (broad SMARTS) is 1.